The van der Waals surface area contributed by atoms with Crippen LogP contribution in [0.2, 0.25) is 0 Å². The van der Waals surface area contributed by atoms with Crippen molar-refractivity contribution in [1.82, 2.24) is 9.88 Å². The van der Waals surface area contributed by atoms with E-state index in [0.717, 1.165) is 26.3 Å². The van der Waals surface area contributed by atoms with Crippen LogP contribution in [0.3, 0.4) is 0 Å². The maximum atomic E-state index is 14.5. The summed E-state index contributed by atoms with van der Waals surface area (Å²) in [6, 6.07) is 9.54. The van der Waals surface area contributed by atoms with Crippen LogP contribution in [0.5, 0.6) is 0 Å². The highest BCUT2D eigenvalue weighted by Gasteiger charge is 2.18. The summed E-state index contributed by atoms with van der Waals surface area (Å²) < 4.78 is 20.9. The second-order valence-corrected chi connectivity index (χ2v) is 8.19. The fraction of sp³-hybridized carbons (Fsp3) is 0.190. The lowest BCUT2D eigenvalue weighted by Gasteiger charge is -2.06. The third kappa shape index (κ3) is 4.41. The first-order valence-corrected chi connectivity index (χ1v) is 10.6. The Kier molecular flexibility index (Phi) is 6.95. The quantitative estimate of drug-likeness (QED) is 0.588. The van der Waals surface area contributed by atoms with E-state index in [4.69, 9.17) is 4.74 Å². The summed E-state index contributed by atoms with van der Waals surface area (Å²) in [6.45, 7) is 2.39. The second kappa shape index (κ2) is 9.63. The Morgan fingerprint density at radius 3 is 2.77 bits per heavy atom. The summed E-state index contributed by atoms with van der Waals surface area (Å²) in [5, 5.41) is 14.1. The predicted molar refractivity (Wildman–Crippen MR) is 116 cm³/mol. The van der Waals surface area contributed by atoms with E-state index in [1.54, 1.807) is 12.1 Å². The number of methoxy groups -OCH3 is 1. The van der Waals surface area contributed by atoms with Gasteiger partial charge in [0.1, 0.15) is 16.5 Å². The molecule has 0 aliphatic rings. The molecule has 0 aliphatic carbocycles. The molecular weight excluding hydrogens is 425 g/mol. The van der Waals surface area contributed by atoms with Crippen LogP contribution in [0.1, 0.15) is 10.4 Å². The molecule has 0 unspecified atom stereocenters. The van der Waals surface area contributed by atoms with Crippen molar-refractivity contribution in [3.05, 3.63) is 71.5 Å². The normalized spacial score (nSPS) is 12.5. The predicted octanol–water partition coefficient (Wildman–Crippen LogP) is 1.67. The van der Waals surface area contributed by atoms with Gasteiger partial charge in [-0.3, -0.25) is 14.2 Å². The first-order valence-electron chi connectivity index (χ1n) is 8.92. The van der Waals surface area contributed by atoms with Gasteiger partial charge in [0.25, 0.3) is 11.5 Å². The van der Waals surface area contributed by atoms with Gasteiger partial charge in [-0.15, -0.1) is 22.7 Å². The van der Waals surface area contributed by atoms with Crippen molar-refractivity contribution in [1.29, 1.82) is 5.26 Å². The van der Waals surface area contributed by atoms with Crippen molar-refractivity contribution >= 4 is 40.2 Å². The summed E-state index contributed by atoms with van der Waals surface area (Å²) in [4.78, 5) is 26.6. The molecule has 0 aliphatic heterocycles. The van der Waals surface area contributed by atoms with Crippen LogP contribution in [-0.4, -0.2) is 30.7 Å². The molecule has 3 rings (SSSR count). The summed E-state index contributed by atoms with van der Waals surface area (Å²) in [6.07, 6.45) is 1.70. The zero-order chi connectivity index (χ0) is 21.7. The van der Waals surface area contributed by atoms with Crippen LogP contribution in [0, 0.1) is 24.1 Å². The number of carbonyl (C=O) groups excluding carboxylic acids is 1. The van der Waals surface area contributed by atoms with Gasteiger partial charge in [-0.25, -0.2) is 4.39 Å². The minimum absolute atomic E-state index is 0.0197. The van der Waals surface area contributed by atoms with E-state index in [0.29, 0.717) is 4.53 Å². The van der Waals surface area contributed by atoms with Crippen LogP contribution < -0.4 is 20.1 Å². The number of aryl methyl sites for hydroxylation is 1. The Hall–Kier alpha value is -3.06. The number of ether oxygens (including phenoxy) is 1. The van der Waals surface area contributed by atoms with Crippen molar-refractivity contribution in [2.75, 3.05) is 20.3 Å². The molecule has 1 amide bonds. The number of nitrogens with zero attached hydrogens (tertiary/aromatic N) is 2. The molecule has 0 bridgehead atoms. The molecule has 2 heterocycles. The summed E-state index contributed by atoms with van der Waals surface area (Å²) in [5.41, 5.74) is 0.215. The monoisotopic (exact) mass is 443 g/mol. The molecule has 0 saturated carbocycles. The molecule has 9 heteroatoms. The SMILES string of the molecule is COCCNC(=O)/C(C#N)=c1\s/c(=C\c2sccc2C)c(=O)n1-c1ccccc1F. The maximum absolute atomic E-state index is 14.5. The van der Waals surface area contributed by atoms with E-state index < -0.39 is 17.3 Å². The minimum Gasteiger partial charge on any atom is -0.383 e. The number of thiazole rings is 1. The number of amides is 1. The Labute approximate surface area is 179 Å². The van der Waals surface area contributed by atoms with E-state index in [2.05, 4.69) is 5.32 Å². The number of thiophene rings is 1. The van der Waals surface area contributed by atoms with Gasteiger partial charge >= 0.3 is 0 Å². The standard InChI is InChI=1S/C21H18FN3O3S2/c1-13-7-10-29-17(13)11-18-20(27)25(16-6-4-3-5-15(16)22)21(30-18)14(12-23)19(26)24-8-9-28-2/h3-7,10-11H,8-9H2,1-2H3,(H,24,26)/b18-11-,21-14-. The Morgan fingerprint density at radius 1 is 1.37 bits per heavy atom. The fourth-order valence-electron chi connectivity index (χ4n) is 2.70. The number of halogens is 1. The van der Waals surface area contributed by atoms with Gasteiger partial charge < -0.3 is 10.1 Å². The first-order chi connectivity index (χ1) is 14.5. The van der Waals surface area contributed by atoms with E-state index >= 15 is 0 Å². The van der Waals surface area contributed by atoms with E-state index in [1.165, 1.54) is 36.6 Å². The Morgan fingerprint density at radius 2 is 2.13 bits per heavy atom. The highest BCUT2D eigenvalue weighted by molar-refractivity contribution is 7.11. The molecule has 30 heavy (non-hydrogen) atoms. The lowest BCUT2D eigenvalue weighted by molar-refractivity contribution is -0.115. The lowest BCUT2D eigenvalue weighted by atomic mass is 10.2. The van der Waals surface area contributed by atoms with E-state index in [-0.39, 0.29) is 29.1 Å². The minimum atomic E-state index is -0.653. The van der Waals surface area contributed by atoms with Gasteiger partial charge in [0.15, 0.2) is 5.57 Å². The molecule has 3 aromatic rings. The highest BCUT2D eigenvalue weighted by Crippen LogP contribution is 2.16. The molecule has 2 aromatic heterocycles. The fourth-order valence-corrected chi connectivity index (χ4v) is 4.71. The van der Waals surface area contributed by atoms with Gasteiger partial charge in [0.05, 0.1) is 16.8 Å². The molecule has 0 saturated heterocycles. The Bertz CT molecular complexity index is 1300. The summed E-state index contributed by atoms with van der Waals surface area (Å²) in [7, 11) is 1.49. The summed E-state index contributed by atoms with van der Waals surface area (Å²) >= 11 is 2.45. The van der Waals surface area contributed by atoms with Gasteiger partial charge in [-0.05, 0) is 42.1 Å². The second-order valence-electron chi connectivity index (χ2n) is 6.21. The zero-order valence-electron chi connectivity index (χ0n) is 16.3. The molecule has 0 spiro atoms. The number of rotatable bonds is 6. The smallest absolute Gasteiger partial charge is 0.273 e. The number of carbonyl (C=O) groups is 1. The number of nitrogens with one attached hydrogen (secondary N) is 1. The van der Waals surface area contributed by atoms with Gasteiger partial charge in [-0.2, -0.15) is 5.26 Å². The molecule has 0 atom stereocenters. The van der Waals surface area contributed by atoms with Crippen LogP contribution >= 0.6 is 22.7 Å². The zero-order valence-corrected chi connectivity index (χ0v) is 17.9. The maximum Gasteiger partial charge on any atom is 0.273 e. The first kappa shape index (κ1) is 21.6. The molecular formula is C21H18FN3O3S2. The number of para-hydroxylation sites is 1. The number of hydrogen-bond acceptors (Lipinski definition) is 6. The van der Waals surface area contributed by atoms with Crippen molar-refractivity contribution < 1.29 is 13.9 Å². The van der Waals surface area contributed by atoms with Crippen LogP contribution in [-0.2, 0) is 9.53 Å². The molecule has 1 aromatic carbocycles. The molecule has 0 radical (unpaired) electrons. The van der Waals surface area contributed by atoms with Crippen molar-refractivity contribution in [3.8, 4) is 11.8 Å². The molecule has 6 nitrogen and oxygen atoms in total. The largest absolute Gasteiger partial charge is 0.383 e. The van der Waals surface area contributed by atoms with Gasteiger partial charge in [-0.1, -0.05) is 12.1 Å². The topological polar surface area (TPSA) is 84.1 Å². The van der Waals surface area contributed by atoms with Gasteiger partial charge in [0, 0.05) is 18.5 Å². The van der Waals surface area contributed by atoms with Crippen molar-refractivity contribution in [3.63, 3.8) is 0 Å². The Balaban J connectivity index is 2.33. The average Bonchev–Trinajstić information content (AvgIpc) is 3.27. The molecule has 154 valence electrons. The number of hydrogen-bond donors (Lipinski definition) is 1. The third-order valence-electron chi connectivity index (χ3n) is 4.23. The van der Waals surface area contributed by atoms with E-state index in [9.17, 15) is 19.2 Å². The highest BCUT2D eigenvalue weighted by atomic mass is 32.1. The number of benzene rings is 1. The van der Waals surface area contributed by atoms with E-state index in [1.807, 2.05) is 24.4 Å². The van der Waals surface area contributed by atoms with Crippen molar-refractivity contribution in [2.45, 2.75) is 6.92 Å². The van der Waals surface area contributed by atoms with Crippen LogP contribution in [0.15, 0.2) is 40.5 Å². The molecule has 0 fully saturated rings. The third-order valence-corrected chi connectivity index (χ3v) is 6.28. The van der Waals surface area contributed by atoms with Crippen LogP contribution in [0.25, 0.3) is 17.3 Å². The number of aromatic nitrogens is 1. The van der Waals surface area contributed by atoms with Crippen molar-refractivity contribution in [2.24, 2.45) is 0 Å². The van der Waals surface area contributed by atoms with Crippen LogP contribution in [0.4, 0.5) is 4.39 Å². The average molecular weight is 444 g/mol. The van der Waals surface area contributed by atoms with Gasteiger partial charge in [0.2, 0.25) is 0 Å². The lowest BCUT2D eigenvalue weighted by Crippen LogP contribution is -2.35. The number of nitriles is 1. The molecule has 1 N–H and O–H groups in total. The summed E-state index contributed by atoms with van der Waals surface area (Å²) in [5.74, 6) is -1.28.